The van der Waals surface area contributed by atoms with Crippen molar-refractivity contribution in [2.45, 2.75) is 6.18 Å². The number of hydrogen-bond acceptors (Lipinski definition) is 2. The maximum atomic E-state index is 12.9. The van der Waals surface area contributed by atoms with Crippen LogP contribution in [0.2, 0.25) is 5.15 Å². The third-order valence-electron chi connectivity index (χ3n) is 2.15. The van der Waals surface area contributed by atoms with E-state index < -0.39 is 17.6 Å². The Morgan fingerprint density at radius 1 is 1.11 bits per heavy atom. The predicted molar refractivity (Wildman–Crippen MR) is 57.4 cm³/mol. The van der Waals surface area contributed by atoms with E-state index in [1.165, 1.54) is 12.3 Å². The van der Waals surface area contributed by atoms with Crippen LogP contribution in [-0.4, -0.2) is 9.97 Å². The van der Waals surface area contributed by atoms with Crippen molar-refractivity contribution in [3.8, 4) is 11.4 Å². The minimum absolute atomic E-state index is 0.0115. The average Bonchev–Trinajstić information content (AvgIpc) is 2.27. The molecule has 7 heteroatoms. The maximum absolute atomic E-state index is 12.9. The van der Waals surface area contributed by atoms with Gasteiger partial charge < -0.3 is 0 Å². The van der Waals surface area contributed by atoms with E-state index in [1.807, 2.05) is 0 Å². The van der Waals surface area contributed by atoms with E-state index in [0.717, 1.165) is 12.1 Å². The third-order valence-corrected chi connectivity index (χ3v) is 2.36. The van der Waals surface area contributed by atoms with Crippen LogP contribution in [0.15, 0.2) is 30.5 Å². The highest BCUT2D eigenvalue weighted by molar-refractivity contribution is 6.29. The Balaban J connectivity index is 2.64. The highest BCUT2D eigenvalue weighted by Gasteiger charge is 2.34. The van der Waals surface area contributed by atoms with Crippen LogP contribution in [0.25, 0.3) is 11.4 Å². The summed E-state index contributed by atoms with van der Waals surface area (Å²) in [6, 6.07) is 3.63. The topological polar surface area (TPSA) is 25.8 Å². The lowest BCUT2D eigenvalue weighted by atomic mass is 10.1. The van der Waals surface area contributed by atoms with Crippen molar-refractivity contribution in [1.82, 2.24) is 9.97 Å². The van der Waals surface area contributed by atoms with Crippen LogP contribution >= 0.6 is 11.6 Å². The molecule has 0 aliphatic carbocycles. The summed E-state index contributed by atoms with van der Waals surface area (Å²) in [6.45, 7) is 0. The van der Waals surface area contributed by atoms with Gasteiger partial charge in [-0.25, -0.2) is 14.4 Å². The first kappa shape index (κ1) is 12.8. The lowest BCUT2D eigenvalue weighted by Crippen LogP contribution is -2.08. The first-order valence-electron chi connectivity index (χ1n) is 4.73. The lowest BCUT2D eigenvalue weighted by Gasteiger charge is -2.11. The molecule has 94 valence electrons. The molecule has 2 rings (SSSR count). The molecule has 2 nitrogen and oxygen atoms in total. The van der Waals surface area contributed by atoms with Crippen LogP contribution in [0.5, 0.6) is 0 Å². The first-order valence-corrected chi connectivity index (χ1v) is 5.11. The van der Waals surface area contributed by atoms with E-state index in [2.05, 4.69) is 9.97 Å². The molecule has 0 fully saturated rings. The molecule has 0 saturated carbocycles. The van der Waals surface area contributed by atoms with Crippen molar-refractivity contribution in [3.63, 3.8) is 0 Å². The first-order chi connectivity index (χ1) is 8.38. The Bertz CT molecular complexity index is 583. The second-order valence-corrected chi connectivity index (χ2v) is 3.78. The maximum Gasteiger partial charge on any atom is 0.417 e. The Morgan fingerprint density at radius 2 is 1.83 bits per heavy atom. The third kappa shape index (κ3) is 2.59. The molecule has 0 radical (unpaired) electrons. The molecule has 1 heterocycles. The van der Waals surface area contributed by atoms with Gasteiger partial charge >= 0.3 is 6.18 Å². The van der Waals surface area contributed by atoms with E-state index in [-0.39, 0.29) is 16.5 Å². The van der Waals surface area contributed by atoms with Crippen LogP contribution in [0.3, 0.4) is 0 Å². The van der Waals surface area contributed by atoms with E-state index in [9.17, 15) is 17.6 Å². The number of hydrogen-bond donors (Lipinski definition) is 0. The summed E-state index contributed by atoms with van der Waals surface area (Å²) in [5, 5.41) is 0.0115. The number of aromatic nitrogens is 2. The van der Waals surface area contributed by atoms with Crippen molar-refractivity contribution in [3.05, 3.63) is 47.0 Å². The standard InChI is InChI=1S/C11H5ClF4N2/c12-9-3-4-17-10(18-9)7-2-1-6(13)5-8(7)11(14,15)16/h1-5H. The normalized spacial score (nSPS) is 11.6. The SMILES string of the molecule is Fc1ccc(-c2nccc(Cl)n2)c(C(F)(F)F)c1. The van der Waals surface area contributed by atoms with Crippen molar-refractivity contribution in [1.29, 1.82) is 0 Å². The second kappa shape index (κ2) is 4.53. The van der Waals surface area contributed by atoms with Gasteiger partial charge in [-0.3, -0.25) is 0 Å². The molecular formula is C11H5ClF4N2. The Morgan fingerprint density at radius 3 is 2.44 bits per heavy atom. The molecule has 0 spiro atoms. The van der Waals surface area contributed by atoms with Gasteiger partial charge in [0.15, 0.2) is 5.82 Å². The molecule has 18 heavy (non-hydrogen) atoms. The van der Waals surface area contributed by atoms with Crippen LogP contribution in [0.4, 0.5) is 17.6 Å². The molecule has 1 aromatic carbocycles. The summed E-state index contributed by atoms with van der Waals surface area (Å²) in [6.07, 6.45) is -3.46. The molecule has 0 aliphatic rings. The van der Waals surface area contributed by atoms with Crippen molar-refractivity contribution in [2.75, 3.05) is 0 Å². The number of halogens is 5. The van der Waals surface area contributed by atoms with Gasteiger partial charge in [0, 0.05) is 11.8 Å². The molecule has 0 unspecified atom stereocenters. The van der Waals surface area contributed by atoms with E-state index >= 15 is 0 Å². The fourth-order valence-electron chi connectivity index (χ4n) is 1.41. The number of nitrogens with zero attached hydrogens (tertiary/aromatic N) is 2. The lowest BCUT2D eigenvalue weighted by molar-refractivity contribution is -0.137. The molecule has 0 saturated heterocycles. The van der Waals surface area contributed by atoms with E-state index in [0.29, 0.717) is 6.07 Å². The minimum atomic E-state index is -4.69. The highest BCUT2D eigenvalue weighted by Crippen LogP contribution is 2.36. The zero-order valence-corrected chi connectivity index (χ0v) is 9.43. The summed E-state index contributed by atoms with van der Waals surface area (Å²) < 4.78 is 51.2. The largest absolute Gasteiger partial charge is 0.417 e. The van der Waals surface area contributed by atoms with E-state index in [1.54, 1.807) is 0 Å². The summed E-state index contributed by atoms with van der Waals surface area (Å²) in [7, 11) is 0. The summed E-state index contributed by atoms with van der Waals surface area (Å²) in [5.74, 6) is -1.18. The van der Waals surface area contributed by atoms with Gasteiger partial charge in [0.05, 0.1) is 5.56 Å². The number of alkyl halides is 3. The zero-order valence-electron chi connectivity index (χ0n) is 8.67. The molecule has 0 amide bonds. The number of benzene rings is 1. The molecular weight excluding hydrogens is 272 g/mol. The molecule has 1 aromatic heterocycles. The van der Waals surface area contributed by atoms with Gasteiger partial charge in [0.2, 0.25) is 0 Å². The van der Waals surface area contributed by atoms with Gasteiger partial charge in [0.1, 0.15) is 11.0 Å². The van der Waals surface area contributed by atoms with Gasteiger partial charge in [0.25, 0.3) is 0 Å². The van der Waals surface area contributed by atoms with Crippen LogP contribution in [0, 0.1) is 5.82 Å². The van der Waals surface area contributed by atoms with Gasteiger partial charge in [-0.15, -0.1) is 0 Å². The summed E-state index contributed by atoms with van der Waals surface area (Å²) in [4.78, 5) is 7.37. The molecule has 0 atom stereocenters. The van der Waals surface area contributed by atoms with Crippen molar-refractivity contribution in [2.24, 2.45) is 0 Å². The quantitative estimate of drug-likeness (QED) is 0.582. The fraction of sp³-hybridized carbons (Fsp3) is 0.0909. The smallest absolute Gasteiger partial charge is 0.236 e. The zero-order chi connectivity index (χ0) is 13.3. The van der Waals surface area contributed by atoms with Gasteiger partial charge in [-0.2, -0.15) is 13.2 Å². The Kier molecular flexibility index (Phi) is 3.21. The van der Waals surface area contributed by atoms with Crippen molar-refractivity contribution < 1.29 is 17.6 Å². The van der Waals surface area contributed by atoms with Crippen LogP contribution in [-0.2, 0) is 6.18 Å². The average molecular weight is 277 g/mol. The minimum Gasteiger partial charge on any atom is -0.236 e. The predicted octanol–water partition coefficient (Wildman–Crippen LogP) is 3.95. The summed E-state index contributed by atoms with van der Waals surface area (Å²) >= 11 is 5.59. The fourth-order valence-corrected chi connectivity index (χ4v) is 1.55. The Labute approximate surface area is 104 Å². The van der Waals surface area contributed by atoms with Crippen molar-refractivity contribution >= 4 is 11.6 Å². The Hall–Kier alpha value is -1.69. The number of rotatable bonds is 1. The second-order valence-electron chi connectivity index (χ2n) is 3.39. The summed E-state index contributed by atoms with van der Waals surface area (Å²) in [5.41, 5.74) is -1.45. The van der Waals surface area contributed by atoms with Crippen LogP contribution in [0.1, 0.15) is 5.56 Å². The monoisotopic (exact) mass is 276 g/mol. The molecule has 2 aromatic rings. The molecule has 0 N–H and O–H groups in total. The van der Waals surface area contributed by atoms with E-state index in [4.69, 9.17) is 11.6 Å². The van der Waals surface area contributed by atoms with Gasteiger partial charge in [-0.05, 0) is 24.3 Å². The van der Waals surface area contributed by atoms with Crippen LogP contribution < -0.4 is 0 Å². The molecule has 0 bridgehead atoms. The molecule has 0 aliphatic heterocycles. The van der Waals surface area contributed by atoms with Gasteiger partial charge in [-0.1, -0.05) is 11.6 Å². The highest BCUT2D eigenvalue weighted by atomic mass is 35.5.